The number of carbonyl (C=O) groups excluding carboxylic acids is 1. The third-order valence-corrected chi connectivity index (χ3v) is 8.82. The summed E-state index contributed by atoms with van der Waals surface area (Å²) in [6, 6.07) is 14.2. The number of pyridine rings is 1. The molecule has 14 heteroatoms. The molecule has 0 bridgehead atoms. The van der Waals surface area contributed by atoms with E-state index in [0.29, 0.717) is 54.5 Å². The number of carbonyl (C=O) groups is 2. The van der Waals surface area contributed by atoms with Gasteiger partial charge in [0, 0.05) is 50.9 Å². The van der Waals surface area contributed by atoms with Crippen LogP contribution in [0.15, 0.2) is 59.3 Å². The van der Waals surface area contributed by atoms with Gasteiger partial charge in [0.1, 0.15) is 11.6 Å². The minimum atomic E-state index is -0.987. The molecule has 1 aliphatic rings. The summed E-state index contributed by atoms with van der Waals surface area (Å²) in [6.45, 7) is 7.21. The molecular formula is C35H39FN8O5. The zero-order chi connectivity index (χ0) is 35.0. The maximum Gasteiger partial charge on any atom is 0.407 e. The molecule has 256 valence electrons. The summed E-state index contributed by atoms with van der Waals surface area (Å²) in [6.07, 6.45) is 1.33. The molecule has 0 unspecified atom stereocenters. The van der Waals surface area contributed by atoms with E-state index in [1.807, 2.05) is 61.9 Å². The van der Waals surface area contributed by atoms with Crippen LogP contribution in [0.3, 0.4) is 0 Å². The third-order valence-electron chi connectivity index (χ3n) is 8.82. The number of hydrogen-bond acceptors (Lipinski definition) is 9. The van der Waals surface area contributed by atoms with Crippen LogP contribution < -0.4 is 9.64 Å². The van der Waals surface area contributed by atoms with Crippen LogP contribution in [-0.4, -0.2) is 92.1 Å². The lowest BCUT2D eigenvalue weighted by atomic mass is 9.96. The highest BCUT2D eigenvalue weighted by atomic mass is 19.1. The summed E-state index contributed by atoms with van der Waals surface area (Å²) in [5, 5.41) is 19.2. The number of aromatic nitrogens is 5. The largest absolute Gasteiger partial charge is 0.497 e. The van der Waals surface area contributed by atoms with Crippen molar-refractivity contribution in [2.24, 2.45) is 0 Å². The predicted octanol–water partition coefficient (Wildman–Crippen LogP) is 5.44. The van der Waals surface area contributed by atoms with Crippen molar-refractivity contribution < 1.29 is 28.3 Å². The summed E-state index contributed by atoms with van der Waals surface area (Å²) < 4.78 is 28.1. The molecule has 1 aliphatic heterocycles. The smallest absolute Gasteiger partial charge is 0.407 e. The van der Waals surface area contributed by atoms with E-state index in [1.165, 1.54) is 15.9 Å². The van der Waals surface area contributed by atoms with E-state index in [2.05, 4.69) is 15.0 Å². The van der Waals surface area contributed by atoms with Crippen molar-refractivity contribution in [3.05, 3.63) is 83.4 Å². The Bertz CT molecular complexity index is 2000. The van der Waals surface area contributed by atoms with Crippen molar-refractivity contribution in [1.82, 2.24) is 34.7 Å². The highest BCUT2D eigenvalue weighted by Gasteiger charge is 2.32. The number of halogens is 1. The van der Waals surface area contributed by atoms with Gasteiger partial charge in [0.05, 0.1) is 25.1 Å². The molecule has 0 spiro atoms. The number of hydrogen-bond donors (Lipinski definition) is 1. The zero-order valence-corrected chi connectivity index (χ0v) is 28.3. The number of ether oxygens (including phenoxy) is 1. The van der Waals surface area contributed by atoms with Crippen molar-refractivity contribution in [2.75, 3.05) is 39.2 Å². The number of anilines is 1. The lowest BCUT2D eigenvalue weighted by Crippen LogP contribution is -2.38. The molecule has 1 fully saturated rings. The molecule has 0 aliphatic carbocycles. The van der Waals surface area contributed by atoms with E-state index in [1.54, 1.807) is 33.5 Å². The van der Waals surface area contributed by atoms with Crippen LogP contribution in [0.4, 0.5) is 15.0 Å². The molecule has 0 saturated carbocycles. The van der Waals surface area contributed by atoms with E-state index in [0.717, 1.165) is 22.3 Å². The first-order valence-corrected chi connectivity index (χ1v) is 15.9. The van der Waals surface area contributed by atoms with E-state index >= 15 is 4.39 Å². The number of amides is 2. The zero-order valence-electron chi connectivity index (χ0n) is 28.3. The monoisotopic (exact) mass is 670 g/mol. The Kier molecular flexibility index (Phi) is 8.97. The number of likely N-dealkylation sites (N-methyl/N-ethyl adjacent to an activating group) is 1. The Morgan fingerprint density at radius 3 is 2.53 bits per heavy atom. The van der Waals surface area contributed by atoms with Gasteiger partial charge in [-0.15, -0.1) is 0 Å². The van der Waals surface area contributed by atoms with Crippen molar-refractivity contribution in [2.45, 2.75) is 51.7 Å². The lowest BCUT2D eigenvalue weighted by molar-refractivity contribution is 0.0734. The minimum absolute atomic E-state index is 0.0127. The summed E-state index contributed by atoms with van der Waals surface area (Å²) in [7, 11) is 4.74. The van der Waals surface area contributed by atoms with Crippen LogP contribution in [0.2, 0.25) is 0 Å². The van der Waals surface area contributed by atoms with E-state index in [4.69, 9.17) is 19.3 Å². The molecule has 3 aromatic heterocycles. The molecular weight excluding hydrogens is 631 g/mol. The van der Waals surface area contributed by atoms with Gasteiger partial charge in [-0.05, 0) is 47.4 Å². The van der Waals surface area contributed by atoms with E-state index < -0.39 is 23.2 Å². The van der Waals surface area contributed by atoms with Gasteiger partial charge in [-0.25, -0.2) is 18.9 Å². The van der Waals surface area contributed by atoms with Gasteiger partial charge in [0.15, 0.2) is 17.3 Å². The molecule has 13 nitrogen and oxygen atoms in total. The highest BCUT2D eigenvalue weighted by Crippen LogP contribution is 2.37. The fraction of sp³-hybridized carbons (Fsp3) is 0.371. The van der Waals surface area contributed by atoms with Gasteiger partial charge >= 0.3 is 17.9 Å². The Morgan fingerprint density at radius 2 is 1.88 bits per heavy atom. The Morgan fingerprint density at radius 1 is 1.12 bits per heavy atom. The number of fused-ring (bicyclic) bond motifs is 1. The Labute approximate surface area is 282 Å². The van der Waals surface area contributed by atoms with Crippen LogP contribution in [0.1, 0.15) is 54.8 Å². The maximum atomic E-state index is 15.8. The van der Waals surface area contributed by atoms with Crippen LogP contribution in [0, 0.1) is 5.82 Å². The van der Waals surface area contributed by atoms with Crippen LogP contribution in [0.5, 0.6) is 5.75 Å². The molecule has 2 amide bonds. The number of rotatable bonds is 9. The second-order valence-corrected chi connectivity index (χ2v) is 13.3. The normalized spacial score (nSPS) is 14.8. The topological polar surface area (TPSA) is 143 Å². The quantitative estimate of drug-likeness (QED) is 0.216. The third kappa shape index (κ3) is 6.76. The van der Waals surface area contributed by atoms with E-state index in [9.17, 15) is 14.7 Å². The molecule has 5 aromatic rings. The predicted molar refractivity (Wildman–Crippen MR) is 180 cm³/mol. The molecule has 0 radical (unpaired) electrons. The summed E-state index contributed by atoms with van der Waals surface area (Å²) >= 11 is 0. The van der Waals surface area contributed by atoms with Gasteiger partial charge in [0.25, 0.3) is 0 Å². The van der Waals surface area contributed by atoms with Crippen molar-refractivity contribution in [3.8, 4) is 16.9 Å². The Balaban J connectivity index is 1.33. The Hall–Kier alpha value is -5.53. The van der Waals surface area contributed by atoms with Gasteiger partial charge in [-0.3, -0.25) is 4.79 Å². The lowest BCUT2D eigenvalue weighted by Gasteiger charge is -2.22. The van der Waals surface area contributed by atoms with Crippen LogP contribution >= 0.6 is 0 Å². The number of carboxylic acid groups (broad SMARTS) is 1. The van der Waals surface area contributed by atoms with Gasteiger partial charge in [-0.2, -0.15) is 10.1 Å². The minimum Gasteiger partial charge on any atom is -0.497 e. The average Bonchev–Trinajstić information content (AvgIpc) is 3.85. The molecule has 49 heavy (non-hydrogen) atoms. The summed E-state index contributed by atoms with van der Waals surface area (Å²) in [5.74, 6) is 0.659. The maximum absolute atomic E-state index is 15.8. The highest BCUT2D eigenvalue weighted by molar-refractivity contribution is 6.01. The second-order valence-electron chi connectivity index (χ2n) is 13.3. The first kappa shape index (κ1) is 33.4. The molecule has 6 rings (SSSR count). The number of methoxy groups -OCH3 is 1. The SMILES string of the molecule is COc1ccc(Cn2nc(N3CC[C@@H](N(C)C(=O)O)C3)c3c(-c4ccc(CN(C)C(=O)c5nc(C(C)(C)C)no5)c(F)c4)ccnc32)cc1. The molecule has 1 saturated heterocycles. The van der Waals surface area contributed by atoms with E-state index in [-0.39, 0.29) is 18.5 Å². The van der Waals surface area contributed by atoms with Crippen molar-refractivity contribution in [1.29, 1.82) is 0 Å². The average molecular weight is 671 g/mol. The first-order chi connectivity index (χ1) is 23.3. The summed E-state index contributed by atoms with van der Waals surface area (Å²) in [4.78, 5) is 38.4. The van der Waals surface area contributed by atoms with Crippen molar-refractivity contribution in [3.63, 3.8) is 0 Å². The standard InChI is InChI=1S/C35H39FN8O5/c1-35(2,3)33-38-31(49-40-33)32(45)41(4)19-23-10-9-22(17-27(23)36)26-13-15-37-29-28(26)30(43-16-14-24(20-43)42(5)34(46)47)39-44(29)18-21-7-11-25(48-6)12-8-21/h7-13,15,17,24H,14,16,18-20H2,1-6H3,(H,46,47)/t24-/m1/s1. The molecule has 1 N–H and O–H groups in total. The number of nitrogens with zero attached hydrogens (tertiary/aromatic N) is 8. The fourth-order valence-corrected chi connectivity index (χ4v) is 5.91. The molecule has 1 atom stereocenters. The molecule has 4 heterocycles. The van der Waals surface area contributed by atoms with Crippen molar-refractivity contribution >= 4 is 28.9 Å². The first-order valence-electron chi connectivity index (χ1n) is 15.9. The van der Waals surface area contributed by atoms with Crippen LogP contribution in [0.25, 0.3) is 22.2 Å². The molecule has 2 aromatic carbocycles. The van der Waals surface area contributed by atoms with Crippen LogP contribution in [-0.2, 0) is 18.5 Å². The second kappa shape index (κ2) is 13.2. The van der Waals surface area contributed by atoms with Gasteiger partial charge < -0.3 is 29.1 Å². The van der Waals surface area contributed by atoms with Gasteiger partial charge in [-0.1, -0.05) is 50.2 Å². The van der Waals surface area contributed by atoms with Gasteiger partial charge in [0.2, 0.25) is 0 Å². The number of benzene rings is 2. The summed E-state index contributed by atoms with van der Waals surface area (Å²) in [5.41, 5.74) is 2.86. The fourth-order valence-electron chi connectivity index (χ4n) is 5.91.